The number of likely N-dealkylation sites (tertiary alicyclic amines) is 1. The minimum absolute atomic E-state index is 0.0812. The Kier molecular flexibility index (Phi) is 3.01. The third kappa shape index (κ3) is 1.97. The van der Waals surface area contributed by atoms with Gasteiger partial charge in [0.25, 0.3) is 0 Å². The maximum absolute atomic E-state index is 12.1. The highest BCUT2D eigenvalue weighted by atomic mass is 16.2. The molecule has 2 heterocycles. The normalized spacial score (nSPS) is 19.1. The van der Waals surface area contributed by atoms with E-state index in [1.165, 1.54) is 4.90 Å². The van der Waals surface area contributed by atoms with Crippen LogP contribution < -0.4 is 0 Å². The number of benzene rings is 1. The molecule has 0 spiro atoms. The molecule has 1 aromatic heterocycles. The number of carbonyl (C=O) groups is 2. The van der Waals surface area contributed by atoms with Crippen molar-refractivity contribution >= 4 is 22.7 Å². The van der Waals surface area contributed by atoms with Crippen molar-refractivity contribution in [1.82, 2.24) is 9.88 Å². The lowest BCUT2D eigenvalue weighted by Crippen LogP contribution is -2.26. The molecule has 1 aliphatic heterocycles. The van der Waals surface area contributed by atoms with E-state index in [2.05, 4.69) is 4.98 Å². The summed E-state index contributed by atoms with van der Waals surface area (Å²) in [6, 6.07) is 8.00. The van der Waals surface area contributed by atoms with Gasteiger partial charge in [-0.15, -0.1) is 0 Å². The Labute approximate surface area is 117 Å². The van der Waals surface area contributed by atoms with E-state index in [4.69, 9.17) is 0 Å². The summed E-state index contributed by atoms with van der Waals surface area (Å²) in [5, 5.41) is 1.07. The maximum Gasteiger partial charge on any atom is 0.232 e. The van der Waals surface area contributed by atoms with Gasteiger partial charge in [-0.25, -0.2) is 0 Å². The van der Waals surface area contributed by atoms with Gasteiger partial charge in [0.15, 0.2) is 0 Å². The molecule has 4 nitrogen and oxygen atoms in total. The molecular formula is C16H16N2O2. The molecule has 2 aromatic rings. The molecule has 1 atom stereocenters. The third-order valence-electron chi connectivity index (χ3n) is 4.04. The molecular weight excluding hydrogens is 252 g/mol. The van der Waals surface area contributed by atoms with Crippen LogP contribution in [0.25, 0.3) is 10.9 Å². The van der Waals surface area contributed by atoms with Crippen molar-refractivity contribution in [1.29, 1.82) is 0 Å². The first-order chi connectivity index (χ1) is 9.58. The van der Waals surface area contributed by atoms with E-state index >= 15 is 0 Å². The average Bonchev–Trinajstić information content (AvgIpc) is 2.69. The lowest BCUT2D eigenvalue weighted by atomic mass is 9.93. The lowest BCUT2D eigenvalue weighted by Gasteiger charge is -2.13. The van der Waals surface area contributed by atoms with Gasteiger partial charge < -0.3 is 0 Å². The van der Waals surface area contributed by atoms with E-state index in [1.54, 1.807) is 13.2 Å². The fraction of sp³-hybridized carbons (Fsp3) is 0.312. The number of aromatic nitrogens is 1. The number of pyridine rings is 1. The molecule has 1 aromatic carbocycles. The number of aryl methyl sites for hydroxylation is 1. The van der Waals surface area contributed by atoms with E-state index in [0.29, 0.717) is 12.8 Å². The van der Waals surface area contributed by atoms with Crippen LogP contribution in [0.4, 0.5) is 0 Å². The van der Waals surface area contributed by atoms with Crippen LogP contribution in [-0.4, -0.2) is 28.7 Å². The van der Waals surface area contributed by atoms with E-state index in [9.17, 15) is 9.59 Å². The molecule has 3 rings (SSSR count). The highest BCUT2D eigenvalue weighted by molar-refractivity contribution is 6.03. The number of fused-ring (bicyclic) bond motifs is 1. The van der Waals surface area contributed by atoms with Gasteiger partial charge in [-0.05, 0) is 30.5 Å². The first-order valence-electron chi connectivity index (χ1n) is 6.71. The largest absolute Gasteiger partial charge is 0.285 e. The lowest BCUT2D eigenvalue weighted by molar-refractivity contribution is -0.137. The second kappa shape index (κ2) is 4.71. The Morgan fingerprint density at radius 3 is 2.80 bits per heavy atom. The fourth-order valence-corrected chi connectivity index (χ4v) is 2.80. The van der Waals surface area contributed by atoms with Crippen molar-refractivity contribution in [2.24, 2.45) is 5.92 Å². The smallest absolute Gasteiger partial charge is 0.232 e. The van der Waals surface area contributed by atoms with Crippen molar-refractivity contribution in [3.05, 3.63) is 41.6 Å². The topological polar surface area (TPSA) is 50.3 Å². The summed E-state index contributed by atoms with van der Waals surface area (Å²) >= 11 is 0. The van der Waals surface area contributed by atoms with Gasteiger partial charge in [-0.1, -0.05) is 18.2 Å². The van der Waals surface area contributed by atoms with Crippen molar-refractivity contribution in [3.8, 4) is 0 Å². The molecule has 0 radical (unpaired) electrons. The molecule has 1 saturated heterocycles. The molecule has 1 fully saturated rings. The first-order valence-corrected chi connectivity index (χ1v) is 6.71. The summed E-state index contributed by atoms with van der Waals surface area (Å²) in [4.78, 5) is 29.3. The zero-order chi connectivity index (χ0) is 14.3. The molecule has 102 valence electrons. The molecule has 1 unspecified atom stereocenters. The zero-order valence-corrected chi connectivity index (χ0v) is 11.6. The summed E-state index contributed by atoms with van der Waals surface area (Å²) in [5.74, 6) is -0.424. The van der Waals surface area contributed by atoms with Crippen LogP contribution in [0.5, 0.6) is 0 Å². The quantitative estimate of drug-likeness (QED) is 0.784. The Bertz CT molecular complexity index is 709. The number of rotatable bonds is 2. The summed E-state index contributed by atoms with van der Waals surface area (Å²) < 4.78 is 0. The van der Waals surface area contributed by atoms with Crippen molar-refractivity contribution in [3.63, 3.8) is 0 Å². The van der Waals surface area contributed by atoms with Gasteiger partial charge >= 0.3 is 0 Å². The number of carbonyl (C=O) groups excluding carboxylic acids is 2. The van der Waals surface area contributed by atoms with Gasteiger partial charge in [0.05, 0.1) is 11.4 Å². The molecule has 1 aliphatic rings. The molecule has 0 bridgehead atoms. The average molecular weight is 268 g/mol. The fourth-order valence-electron chi connectivity index (χ4n) is 2.80. The van der Waals surface area contributed by atoms with Gasteiger partial charge in [0.1, 0.15) is 0 Å². The summed E-state index contributed by atoms with van der Waals surface area (Å²) in [5.41, 5.74) is 3.12. The standard InChI is InChI=1S/C16H16N2O2/c1-10-5-6-11-4-3-7-17-15(11)13(10)8-12-9-14(19)18(2)16(12)20/h3-7,12H,8-9H2,1-2H3. The summed E-state index contributed by atoms with van der Waals surface area (Å²) in [6.07, 6.45) is 2.64. The zero-order valence-electron chi connectivity index (χ0n) is 11.6. The number of hydrogen-bond donors (Lipinski definition) is 0. The van der Waals surface area contributed by atoms with E-state index in [1.807, 2.05) is 31.2 Å². The predicted octanol–water partition coefficient (Wildman–Crippen LogP) is 2.09. The van der Waals surface area contributed by atoms with E-state index in [0.717, 1.165) is 22.0 Å². The third-order valence-corrected chi connectivity index (χ3v) is 4.04. The van der Waals surface area contributed by atoms with Crippen molar-refractivity contribution < 1.29 is 9.59 Å². The van der Waals surface area contributed by atoms with Gasteiger partial charge in [0, 0.05) is 25.1 Å². The number of imide groups is 1. The maximum atomic E-state index is 12.1. The molecule has 0 N–H and O–H groups in total. The Morgan fingerprint density at radius 2 is 2.10 bits per heavy atom. The van der Waals surface area contributed by atoms with Gasteiger partial charge in [-0.3, -0.25) is 19.5 Å². The molecule has 0 aliphatic carbocycles. The van der Waals surface area contributed by atoms with Crippen LogP contribution in [0.2, 0.25) is 0 Å². The highest BCUT2D eigenvalue weighted by Crippen LogP contribution is 2.27. The first kappa shape index (κ1) is 12.8. The van der Waals surface area contributed by atoms with Crippen LogP contribution >= 0.6 is 0 Å². The van der Waals surface area contributed by atoms with Gasteiger partial charge in [0.2, 0.25) is 11.8 Å². The van der Waals surface area contributed by atoms with E-state index in [-0.39, 0.29) is 17.7 Å². The number of hydrogen-bond acceptors (Lipinski definition) is 3. The highest BCUT2D eigenvalue weighted by Gasteiger charge is 2.36. The minimum atomic E-state index is -0.251. The van der Waals surface area contributed by atoms with Crippen molar-refractivity contribution in [2.45, 2.75) is 19.8 Å². The molecule has 2 amide bonds. The van der Waals surface area contributed by atoms with Crippen LogP contribution in [0, 0.1) is 12.8 Å². The summed E-state index contributed by atoms with van der Waals surface area (Å²) in [7, 11) is 1.55. The number of nitrogens with zero attached hydrogens (tertiary/aromatic N) is 2. The molecule has 0 saturated carbocycles. The summed E-state index contributed by atoms with van der Waals surface area (Å²) in [6.45, 7) is 2.02. The predicted molar refractivity (Wildman–Crippen MR) is 76.1 cm³/mol. The second-order valence-electron chi connectivity index (χ2n) is 5.33. The van der Waals surface area contributed by atoms with Crippen LogP contribution in [0.15, 0.2) is 30.5 Å². The van der Waals surface area contributed by atoms with Crippen molar-refractivity contribution in [2.75, 3.05) is 7.05 Å². The molecule has 4 heteroatoms. The van der Waals surface area contributed by atoms with E-state index < -0.39 is 0 Å². The number of amides is 2. The van der Waals surface area contributed by atoms with Gasteiger partial charge in [-0.2, -0.15) is 0 Å². The Hall–Kier alpha value is -2.23. The monoisotopic (exact) mass is 268 g/mol. The molecule has 20 heavy (non-hydrogen) atoms. The van der Waals surface area contributed by atoms with Crippen LogP contribution in [0.3, 0.4) is 0 Å². The Balaban J connectivity index is 2.01. The minimum Gasteiger partial charge on any atom is -0.285 e. The Morgan fingerprint density at radius 1 is 1.30 bits per heavy atom. The second-order valence-corrected chi connectivity index (χ2v) is 5.33. The van der Waals surface area contributed by atoms with Crippen LogP contribution in [-0.2, 0) is 16.0 Å². The SMILES string of the molecule is Cc1ccc2cccnc2c1CC1CC(=O)N(C)C1=O. The van der Waals surface area contributed by atoms with Crippen LogP contribution in [0.1, 0.15) is 17.5 Å².